The minimum atomic E-state index is -0.673. The fourth-order valence-electron chi connectivity index (χ4n) is 3.10. The molecule has 0 saturated heterocycles. The summed E-state index contributed by atoms with van der Waals surface area (Å²) in [5.41, 5.74) is 5.63. The summed E-state index contributed by atoms with van der Waals surface area (Å²) in [4.78, 5) is 22.9. The van der Waals surface area contributed by atoms with E-state index >= 15 is 0 Å². The Morgan fingerprint density at radius 2 is 1.33 bits per heavy atom. The molecule has 0 aliphatic rings. The molecule has 0 aromatic heterocycles. The molecule has 158 valence electrons. The van der Waals surface area contributed by atoms with Gasteiger partial charge in [0.2, 0.25) is 0 Å². The van der Waals surface area contributed by atoms with Crippen LogP contribution in [0, 0.1) is 0 Å². The summed E-state index contributed by atoms with van der Waals surface area (Å²) in [5.74, 6) is -0.240. The van der Waals surface area contributed by atoms with Crippen LogP contribution in [0.5, 0.6) is 0 Å². The van der Waals surface area contributed by atoms with Crippen molar-refractivity contribution in [3.8, 4) is 0 Å². The SMILES string of the molecule is CCCCCCCC/C=C\CCCCCCCC(=O)CCC(N)C(=O)OC. The largest absolute Gasteiger partial charge is 0.468 e. The van der Waals surface area contributed by atoms with E-state index in [1.807, 2.05) is 0 Å². The molecule has 4 heteroatoms. The van der Waals surface area contributed by atoms with Crippen molar-refractivity contribution in [1.29, 1.82) is 0 Å². The van der Waals surface area contributed by atoms with Gasteiger partial charge in [-0.25, -0.2) is 0 Å². The summed E-state index contributed by atoms with van der Waals surface area (Å²) in [7, 11) is 1.31. The molecule has 0 aliphatic heterocycles. The maximum absolute atomic E-state index is 11.8. The van der Waals surface area contributed by atoms with Crippen LogP contribution in [0.1, 0.15) is 110 Å². The lowest BCUT2D eigenvalue weighted by molar-refractivity contribution is -0.142. The summed E-state index contributed by atoms with van der Waals surface area (Å²) >= 11 is 0. The zero-order valence-corrected chi connectivity index (χ0v) is 17.8. The Morgan fingerprint density at radius 1 is 0.815 bits per heavy atom. The molecule has 0 aliphatic carbocycles. The molecule has 4 nitrogen and oxygen atoms in total. The average Bonchev–Trinajstić information content (AvgIpc) is 2.68. The monoisotopic (exact) mass is 381 g/mol. The van der Waals surface area contributed by atoms with E-state index in [1.165, 1.54) is 77.7 Å². The first-order valence-electron chi connectivity index (χ1n) is 11.1. The predicted molar refractivity (Wildman–Crippen MR) is 114 cm³/mol. The van der Waals surface area contributed by atoms with Gasteiger partial charge in [-0.1, -0.05) is 70.4 Å². The van der Waals surface area contributed by atoms with Crippen LogP contribution in [0.4, 0.5) is 0 Å². The Kier molecular flexibility index (Phi) is 18.8. The van der Waals surface area contributed by atoms with Crippen LogP contribution in [-0.2, 0) is 14.3 Å². The molecule has 0 amide bonds. The summed E-state index contributed by atoms with van der Waals surface area (Å²) in [6.07, 6.45) is 22.4. The van der Waals surface area contributed by atoms with E-state index in [0.717, 1.165) is 12.8 Å². The maximum Gasteiger partial charge on any atom is 0.322 e. The van der Waals surface area contributed by atoms with Gasteiger partial charge in [0, 0.05) is 12.8 Å². The molecule has 27 heavy (non-hydrogen) atoms. The lowest BCUT2D eigenvalue weighted by atomic mass is 10.0. The molecular formula is C23H43NO3. The normalized spacial score (nSPS) is 12.4. The number of hydrogen-bond donors (Lipinski definition) is 1. The number of ketones is 1. The van der Waals surface area contributed by atoms with Crippen molar-refractivity contribution in [3.63, 3.8) is 0 Å². The minimum absolute atomic E-state index is 0.201. The number of esters is 1. The smallest absolute Gasteiger partial charge is 0.322 e. The number of methoxy groups -OCH3 is 1. The van der Waals surface area contributed by atoms with E-state index in [-0.39, 0.29) is 5.78 Å². The number of allylic oxidation sites excluding steroid dienone is 2. The van der Waals surface area contributed by atoms with Gasteiger partial charge in [0.15, 0.2) is 0 Å². The Balaban J connectivity index is 3.33. The topological polar surface area (TPSA) is 69.4 Å². The second-order valence-electron chi connectivity index (χ2n) is 7.54. The molecule has 2 N–H and O–H groups in total. The van der Waals surface area contributed by atoms with Gasteiger partial charge in [0.25, 0.3) is 0 Å². The van der Waals surface area contributed by atoms with Gasteiger partial charge in [-0.15, -0.1) is 0 Å². The minimum Gasteiger partial charge on any atom is -0.468 e. The summed E-state index contributed by atoms with van der Waals surface area (Å²) < 4.78 is 4.55. The first-order chi connectivity index (χ1) is 13.1. The Hall–Kier alpha value is -1.16. The van der Waals surface area contributed by atoms with Gasteiger partial charge in [0.05, 0.1) is 7.11 Å². The molecular weight excluding hydrogens is 338 g/mol. The fraction of sp³-hybridized carbons (Fsp3) is 0.826. The van der Waals surface area contributed by atoms with Crippen molar-refractivity contribution in [2.75, 3.05) is 7.11 Å². The Bertz CT molecular complexity index is 393. The second kappa shape index (κ2) is 19.6. The third-order valence-electron chi connectivity index (χ3n) is 4.96. The molecule has 0 radical (unpaired) electrons. The van der Waals surface area contributed by atoms with Crippen molar-refractivity contribution >= 4 is 11.8 Å². The lowest BCUT2D eigenvalue weighted by Gasteiger charge is -2.08. The van der Waals surface area contributed by atoms with Crippen LogP contribution in [0.15, 0.2) is 12.2 Å². The quantitative estimate of drug-likeness (QED) is 0.172. The number of unbranched alkanes of at least 4 members (excludes halogenated alkanes) is 11. The molecule has 0 spiro atoms. The van der Waals surface area contributed by atoms with Crippen molar-refractivity contribution < 1.29 is 14.3 Å². The first kappa shape index (κ1) is 25.8. The number of rotatable bonds is 19. The number of Topliss-reactive ketones (excluding diaryl/α,β-unsaturated/α-hetero) is 1. The van der Waals surface area contributed by atoms with Crippen LogP contribution < -0.4 is 5.73 Å². The highest BCUT2D eigenvalue weighted by molar-refractivity contribution is 5.80. The summed E-state index contributed by atoms with van der Waals surface area (Å²) in [6.45, 7) is 2.26. The standard InChI is InChI=1S/C23H43NO3/c1-3-4-5-6-7-8-9-10-11-12-13-14-15-16-17-18-21(25)19-20-22(24)23(26)27-2/h10-11,22H,3-9,12-20,24H2,1-2H3/b11-10-. The number of ether oxygens (including phenoxy) is 1. The number of nitrogens with two attached hydrogens (primary N) is 1. The predicted octanol–water partition coefficient (Wildman–Crippen LogP) is 5.87. The van der Waals surface area contributed by atoms with Crippen molar-refractivity contribution in [1.82, 2.24) is 0 Å². The molecule has 0 aromatic carbocycles. The highest BCUT2D eigenvalue weighted by Gasteiger charge is 2.14. The van der Waals surface area contributed by atoms with E-state index < -0.39 is 12.0 Å². The molecule has 1 unspecified atom stereocenters. The van der Waals surface area contributed by atoms with Crippen LogP contribution in [0.2, 0.25) is 0 Å². The van der Waals surface area contributed by atoms with Crippen LogP contribution in [0.25, 0.3) is 0 Å². The fourth-order valence-corrected chi connectivity index (χ4v) is 3.10. The number of carbonyl (C=O) groups is 2. The third-order valence-corrected chi connectivity index (χ3v) is 4.96. The average molecular weight is 382 g/mol. The molecule has 0 fully saturated rings. The van der Waals surface area contributed by atoms with E-state index in [9.17, 15) is 9.59 Å². The van der Waals surface area contributed by atoms with Crippen molar-refractivity contribution in [2.24, 2.45) is 5.73 Å². The van der Waals surface area contributed by atoms with Gasteiger partial charge in [-0.2, -0.15) is 0 Å². The molecule has 0 aromatic rings. The van der Waals surface area contributed by atoms with Gasteiger partial charge in [0.1, 0.15) is 11.8 Å². The number of hydrogen-bond acceptors (Lipinski definition) is 4. The molecule has 1 atom stereocenters. The van der Waals surface area contributed by atoms with E-state index in [4.69, 9.17) is 5.73 Å². The molecule has 0 saturated carbocycles. The Labute approximate surface area is 167 Å². The maximum atomic E-state index is 11.8. The molecule has 0 heterocycles. The second-order valence-corrected chi connectivity index (χ2v) is 7.54. The highest BCUT2D eigenvalue weighted by Crippen LogP contribution is 2.11. The zero-order valence-electron chi connectivity index (χ0n) is 17.8. The van der Waals surface area contributed by atoms with Crippen LogP contribution in [0.3, 0.4) is 0 Å². The van der Waals surface area contributed by atoms with Crippen LogP contribution in [-0.4, -0.2) is 24.9 Å². The van der Waals surface area contributed by atoms with Gasteiger partial charge >= 0.3 is 5.97 Å². The van der Waals surface area contributed by atoms with Gasteiger partial charge in [-0.3, -0.25) is 9.59 Å². The van der Waals surface area contributed by atoms with E-state index in [0.29, 0.717) is 19.3 Å². The van der Waals surface area contributed by atoms with Gasteiger partial charge in [-0.05, 0) is 38.5 Å². The van der Waals surface area contributed by atoms with Crippen LogP contribution >= 0.6 is 0 Å². The molecule has 0 rings (SSSR count). The summed E-state index contributed by atoms with van der Waals surface area (Å²) in [6, 6.07) is -0.673. The van der Waals surface area contributed by atoms with E-state index in [2.05, 4.69) is 23.8 Å². The lowest BCUT2D eigenvalue weighted by Crippen LogP contribution is -2.31. The van der Waals surface area contributed by atoms with Crippen molar-refractivity contribution in [3.05, 3.63) is 12.2 Å². The molecule has 0 bridgehead atoms. The summed E-state index contributed by atoms with van der Waals surface area (Å²) in [5, 5.41) is 0. The zero-order chi connectivity index (χ0) is 20.2. The third kappa shape index (κ3) is 18.0. The van der Waals surface area contributed by atoms with Crippen molar-refractivity contribution in [2.45, 2.75) is 116 Å². The first-order valence-corrected chi connectivity index (χ1v) is 11.1. The Morgan fingerprint density at radius 3 is 1.89 bits per heavy atom. The number of carbonyl (C=O) groups excluding carboxylic acids is 2. The highest BCUT2D eigenvalue weighted by atomic mass is 16.5. The van der Waals surface area contributed by atoms with E-state index in [1.54, 1.807) is 0 Å². The van der Waals surface area contributed by atoms with Gasteiger partial charge < -0.3 is 10.5 Å².